The Kier molecular flexibility index (Phi) is 3.99. The molecule has 16 heavy (non-hydrogen) atoms. The third-order valence-corrected chi connectivity index (χ3v) is 4.05. The van der Waals surface area contributed by atoms with E-state index in [9.17, 15) is 4.79 Å². The van der Waals surface area contributed by atoms with Crippen LogP contribution in [0, 0.1) is 5.92 Å². The van der Waals surface area contributed by atoms with Gasteiger partial charge in [0.25, 0.3) is 5.91 Å². The minimum Gasteiger partial charge on any atom is -0.341 e. The average molecular weight is 237 g/mol. The van der Waals surface area contributed by atoms with Crippen molar-refractivity contribution in [1.82, 2.24) is 4.90 Å². The van der Waals surface area contributed by atoms with Crippen LogP contribution in [0.1, 0.15) is 42.5 Å². The molecule has 1 saturated carbocycles. The number of carbonyl (C=O) groups is 1. The Morgan fingerprint density at radius 1 is 1.44 bits per heavy atom. The van der Waals surface area contributed by atoms with Gasteiger partial charge in [-0.05, 0) is 30.2 Å². The second kappa shape index (κ2) is 5.48. The molecule has 1 aromatic heterocycles. The molecule has 3 heteroatoms. The van der Waals surface area contributed by atoms with Gasteiger partial charge >= 0.3 is 0 Å². The summed E-state index contributed by atoms with van der Waals surface area (Å²) in [5, 5.41) is 3.89. The number of hydrogen-bond acceptors (Lipinski definition) is 2. The van der Waals surface area contributed by atoms with E-state index >= 15 is 0 Å². The zero-order valence-electron chi connectivity index (χ0n) is 9.82. The summed E-state index contributed by atoms with van der Waals surface area (Å²) in [4.78, 5) is 13.9. The Morgan fingerprint density at radius 2 is 2.19 bits per heavy atom. The Morgan fingerprint density at radius 3 is 2.81 bits per heavy atom. The number of rotatable bonds is 3. The maximum Gasteiger partial charge on any atom is 0.254 e. The maximum atomic E-state index is 12.0. The van der Waals surface area contributed by atoms with Gasteiger partial charge in [-0.2, -0.15) is 11.3 Å². The number of amides is 1. The molecule has 0 bridgehead atoms. The highest BCUT2D eigenvalue weighted by molar-refractivity contribution is 7.08. The molecule has 0 aliphatic heterocycles. The number of hydrogen-bond donors (Lipinski definition) is 0. The summed E-state index contributed by atoms with van der Waals surface area (Å²) >= 11 is 1.58. The van der Waals surface area contributed by atoms with Crippen LogP contribution in [0.4, 0.5) is 0 Å². The van der Waals surface area contributed by atoms with Gasteiger partial charge in [-0.1, -0.05) is 19.3 Å². The minimum atomic E-state index is 0.173. The van der Waals surface area contributed by atoms with Gasteiger partial charge in [0.2, 0.25) is 0 Å². The minimum absolute atomic E-state index is 0.173. The van der Waals surface area contributed by atoms with Gasteiger partial charge in [-0.25, -0.2) is 0 Å². The van der Waals surface area contributed by atoms with E-state index in [0.29, 0.717) is 0 Å². The van der Waals surface area contributed by atoms with Crippen LogP contribution in [-0.4, -0.2) is 24.4 Å². The SMILES string of the molecule is CN(CC1CCCCC1)C(=O)c1ccsc1. The summed E-state index contributed by atoms with van der Waals surface area (Å²) in [6, 6.07) is 1.91. The zero-order chi connectivity index (χ0) is 11.4. The van der Waals surface area contributed by atoms with Crippen molar-refractivity contribution in [3.63, 3.8) is 0 Å². The van der Waals surface area contributed by atoms with E-state index < -0.39 is 0 Å². The van der Waals surface area contributed by atoms with Gasteiger partial charge in [0.05, 0.1) is 5.56 Å². The van der Waals surface area contributed by atoms with Crippen molar-refractivity contribution in [3.8, 4) is 0 Å². The first kappa shape index (κ1) is 11.6. The molecule has 2 nitrogen and oxygen atoms in total. The van der Waals surface area contributed by atoms with Crippen molar-refractivity contribution in [2.75, 3.05) is 13.6 Å². The molecule has 0 spiro atoms. The van der Waals surface area contributed by atoms with Gasteiger partial charge in [-0.3, -0.25) is 4.79 Å². The van der Waals surface area contributed by atoms with Crippen LogP contribution in [-0.2, 0) is 0 Å². The molecule has 1 aliphatic carbocycles. The molecule has 0 atom stereocenters. The molecule has 1 amide bonds. The highest BCUT2D eigenvalue weighted by atomic mass is 32.1. The van der Waals surface area contributed by atoms with E-state index in [0.717, 1.165) is 18.0 Å². The van der Waals surface area contributed by atoms with Crippen LogP contribution >= 0.6 is 11.3 Å². The number of nitrogens with zero attached hydrogens (tertiary/aromatic N) is 1. The Balaban J connectivity index is 1.87. The summed E-state index contributed by atoms with van der Waals surface area (Å²) in [5.74, 6) is 0.896. The summed E-state index contributed by atoms with van der Waals surface area (Å²) in [5.41, 5.74) is 0.836. The lowest BCUT2D eigenvalue weighted by atomic mass is 9.89. The fraction of sp³-hybridized carbons (Fsp3) is 0.615. The number of carbonyl (C=O) groups excluding carboxylic acids is 1. The van der Waals surface area contributed by atoms with Crippen molar-refractivity contribution in [2.24, 2.45) is 5.92 Å². The molecular formula is C13H19NOS. The van der Waals surface area contributed by atoms with Gasteiger partial charge in [0, 0.05) is 19.0 Å². The molecule has 1 aromatic rings. The highest BCUT2D eigenvalue weighted by Gasteiger charge is 2.19. The molecule has 0 unspecified atom stereocenters. The van der Waals surface area contributed by atoms with Crippen LogP contribution in [0.15, 0.2) is 16.8 Å². The Hall–Kier alpha value is -0.830. The predicted octanol–water partition coefficient (Wildman–Crippen LogP) is 3.40. The summed E-state index contributed by atoms with van der Waals surface area (Å²) in [6.45, 7) is 0.925. The standard InChI is InChI=1S/C13H19NOS/c1-14(9-11-5-3-2-4-6-11)13(15)12-7-8-16-10-12/h7-8,10-11H,2-6,9H2,1H3. The monoisotopic (exact) mass is 237 g/mol. The third kappa shape index (κ3) is 2.85. The topological polar surface area (TPSA) is 20.3 Å². The molecule has 0 saturated heterocycles. The molecule has 88 valence electrons. The molecular weight excluding hydrogens is 218 g/mol. The van der Waals surface area contributed by atoms with Crippen LogP contribution in [0.5, 0.6) is 0 Å². The van der Waals surface area contributed by atoms with Gasteiger partial charge in [-0.15, -0.1) is 0 Å². The smallest absolute Gasteiger partial charge is 0.254 e. The summed E-state index contributed by atoms with van der Waals surface area (Å²) in [6.07, 6.45) is 6.64. The predicted molar refractivity (Wildman–Crippen MR) is 67.9 cm³/mol. The van der Waals surface area contributed by atoms with E-state index in [1.165, 1.54) is 32.1 Å². The van der Waals surface area contributed by atoms with E-state index in [1.54, 1.807) is 11.3 Å². The molecule has 1 heterocycles. The van der Waals surface area contributed by atoms with E-state index in [2.05, 4.69) is 0 Å². The molecule has 0 aromatic carbocycles. The second-order valence-electron chi connectivity index (χ2n) is 4.70. The molecule has 0 N–H and O–H groups in total. The second-order valence-corrected chi connectivity index (χ2v) is 5.48. The van der Waals surface area contributed by atoms with Crippen molar-refractivity contribution in [1.29, 1.82) is 0 Å². The highest BCUT2D eigenvalue weighted by Crippen LogP contribution is 2.24. The van der Waals surface area contributed by atoms with Crippen molar-refractivity contribution in [2.45, 2.75) is 32.1 Å². The quantitative estimate of drug-likeness (QED) is 0.789. The van der Waals surface area contributed by atoms with Gasteiger partial charge in [0.1, 0.15) is 0 Å². The van der Waals surface area contributed by atoms with E-state index in [-0.39, 0.29) is 5.91 Å². The molecule has 1 fully saturated rings. The van der Waals surface area contributed by atoms with Gasteiger partial charge in [0.15, 0.2) is 0 Å². The average Bonchev–Trinajstić information content (AvgIpc) is 2.83. The lowest BCUT2D eigenvalue weighted by Crippen LogP contribution is -2.32. The molecule has 2 rings (SSSR count). The van der Waals surface area contributed by atoms with Crippen molar-refractivity contribution < 1.29 is 4.79 Å². The molecule has 1 aliphatic rings. The van der Waals surface area contributed by atoms with Gasteiger partial charge < -0.3 is 4.90 Å². The lowest BCUT2D eigenvalue weighted by Gasteiger charge is -2.26. The van der Waals surface area contributed by atoms with E-state index in [1.807, 2.05) is 28.8 Å². The summed E-state index contributed by atoms with van der Waals surface area (Å²) < 4.78 is 0. The summed E-state index contributed by atoms with van der Waals surface area (Å²) in [7, 11) is 1.93. The Bertz CT molecular complexity index is 328. The first-order valence-corrected chi connectivity index (χ1v) is 6.99. The normalized spacial score (nSPS) is 17.3. The number of thiophene rings is 1. The van der Waals surface area contributed by atoms with Crippen LogP contribution in [0.3, 0.4) is 0 Å². The molecule has 0 radical (unpaired) electrons. The van der Waals surface area contributed by atoms with E-state index in [4.69, 9.17) is 0 Å². The van der Waals surface area contributed by atoms with Crippen LogP contribution < -0.4 is 0 Å². The fourth-order valence-corrected chi connectivity index (χ4v) is 3.08. The van der Waals surface area contributed by atoms with Crippen LogP contribution in [0.25, 0.3) is 0 Å². The van der Waals surface area contributed by atoms with Crippen molar-refractivity contribution >= 4 is 17.2 Å². The lowest BCUT2D eigenvalue weighted by molar-refractivity contribution is 0.0761. The first-order chi connectivity index (χ1) is 7.77. The largest absolute Gasteiger partial charge is 0.341 e. The maximum absolute atomic E-state index is 12.0. The Labute approximate surface area is 101 Å². The third-order valence-electron chi connectivity index (χ3n) is 3.37. The zero-order valence-corrected chi connectivity index (χ0v) is 10.6. The van der Waals surface area contributed by atoms with Crippen molar-refractivity contribution in [3.05, 3.63) is 22.4 Å². The first-order valence-electron chi connectivity index (χ1n) is 6.05. The van der Waals surface area contributed by atoms with Crippen LogP contribution in [0.2, 0.25) is 0 Å². The fourth-order valence-electron chi connectivity index (χ4n) is 2.45.